The molecule has 2 aliphatic rings. The van der Waals surface area contributed by atoms with Gasteiger partial charge in [0.1, 0.15) is 6.54 Å². The first-order chi connectivity index (χ1) is 11.4. The fourth-order valence-electron chi connectivity index (χ4n) is 2.98. The number of halogens is 1. The van der Waals surface area contributed by atoms with Crippen LogP contribution in [0, 0.1) is 0 Å². The van der Waals surface area contributed by atoms with Gasteiger partial charge in [0.05, 0.1) is 0 Å². The van der Waals surface area contributed by atoms with Crippen LogP contribution >= 0.6 is 12.4 Å². The highest BCUT2D eigenvalue weighted by Gasteiger charge is 2.48. The van der Waals surface area contributed by atoms with E-state index < -0.39 is 17.6 Å². The lowest BCUT2D eigenvalue weighted by molar-refractivity contribution is -0.140. The van der Waals surface area contributed by atoms with Crippen molar-refractivity contribution >= 4 is 30.3 Å². The van der Waals surface area contributed by atoms with Crippen molar-refractivity contribution in [2.45, 2.75) is 25.5 Å². The van der Waals surface area contributed by atoms with Crippen LogP contribution in [0.25, 0.3) is 0 Å². The number of hydrogen-bond donors (Lipinski definition) is 1. The molecule has 1 aromatic carbocycles. The highest BCUT2D eigenvalue weighted by Crippen LogP contribution is 2.24. The van der Waals surface area contributed by atoms with Crippen molar-refractivity contribution in [2.24, 2.45) is 0 Å². The van der Waals surface area contributed by atoms with Gasteiger partial charge >= 0.3 is 6.09 Å². The van der Waals surface area contributed by atoms with E-state index in [2.05, 4.69) is 5.32 Å². The summed E-state index contributed by atoms with van der Waals surface area (Å²) in [4.78, 5) is 39.0. The van der Waals surface area contributed by atoms with E-state index in [0.29, 0.717) is 19.6 Å². The lowest BCUT2D eigenvalue weighted by atomic mass is 10.0. The third kappa shape index (κ3) is 3.93. The molecule has 0 bridgehead atoms. The molecule has 2 aliphatic heterocycles. The Balaban J connectivity index is 0.00000225. The predicted molar refractivity (Wildman–Crippen MR) is 93.3 cm³/mol. The van der Waals surface area contributed by atoms with Crippen LogP contribution < -0.4 is 5.32 Å². The molecule has 0 spiro atoms. The molecule has 136 valence electrons. The number of amides is 3. The second kappa shape index (κ2) is 7.41. The summed E-state index contributed by atoms with van der Waals surface area (Å²) in [5, 5.41) is 3.38. The predicted octanol–water partition coefficient (Wildman–Crippen LogP) is 1.34. The number of ether oxygens (including phenoxy) is 1. The van der Waals surface area contributed by atoms with Crippen molar-refractivity contribution in [3.05, 3.63) is 35.9 Å². The van der Waals surface area contributed by atoms with Gasteiger partial charge in [-0.1, -0.05) is 30.3 Å². The van der Waals surface area contributed by atoms with Crippen LogP contribution in [-0.4, -0.2) is 59.5 Å². The molecule has 1 unspecified atom stereocenters. The number of benzene rings is 1. The molecule has 7 nitrogen and oxygen atoms in total. The van der Waals surface area contributed by atoms with Crippen molar-refractivity contribution in [3.8, 4) is 0 Å². The average Bonchev–Trinajstić information content (AvgIpc) is 2.77. The molecule has 3 rings (SSSR count). The van der Waals surface area contributed by atoms with E-state index in [-0.39, 0.29) is 30.9 Å². The van der Waals surface area contributed by atoms with Crippen LogP contribution in [0.15, 0.2) is 30.3 Å². The number of piperazine rings is 1. The molecule has 0 aliphatic carbocycles. The van der Waals surface area contributed by atoms with Crippen LogP contribution in [-0.2, 0) is 14.3 Å². The first kappa shape index (κ1) is 19.2. The number of nitrogens with zero attached hydrogens (tertiary/aromatic N) is 2. The molecule has 2 heterocycles. The van der Waals surface area contributed by atoms with Gasteiger partial charge in [0.25, 0.3) is 5.91 Å². The zero-order valence-electron chi connectivity index (χ0n) is 14.2. The normalized spacial score (nSPS) is 22.4. The van der Waals surface area contributed by atoms with Gasteiger partial charge in [-0.2, -0.15) is 0 Å². The number of carbonyl (C=O) groups excluding carboxylic acids is 3. The van der Waals surface area contributed by atoms with Crippen LogP contribution in [0.2, 0.25) is 0 Å². The maximum atomic E-state index is 12.5. The van der Waals surface area contributed by atoms with Crippen LogP contribution in [0.3, 0.4) is 0 Å². The van der Waals surface area contributed by atoms with Crippen molar-refractivity contribution in [1.82, 2.24) is 15.1 Å². The number of imide groups is 1. The Morgan fingerprint density at radius 1 is 1.28 bits per heavy atom. The molecule has 0 saturated carbocycles. The standard InChI is InChI=1S/C17H21N3O4.ClH/c1-17(2)15(22)20(16(23)24-17)11-14(21)19-9-8-18-13(10-19)12-6-4-3-5-7-12;/h3-7,13,18H,8-11H2,1-2H3;1H. The molecule has 1 N–H and O–H groups in total. The van der Waals surface area contributed by atoms with E-state index in [1.807, 2.05) is 30.3 Å². The lowest BCUT2D eigenvalue weighted by Gasteiger charge is -2.34. The molecular weight excluding hydrogens is 346 g/mol. The number of cyclic esters (lactones) is 1. The second-order valence-corrected chi connectivity index (χ2v) is 6.53. The van der Waals surface area contributed by atoms with Gasteiger partial charge in [0.15, 0.2) is 5.60 Å². The molecule has 1 aromatic rings. The summed E-state index contributed by atoms with van der Waals surface area (Å²) in [5.41, 5.74) is -0.0966. The zero-order chi connectivity index (χ0) is 17.3. The van der Waals surface area contributed by atoms with Crippen molar-refractivity contribution < 1.29 is 19.1 Å². The minimum absolute atomic E-state index is 0. The Morgan fingerprint density at radius 3 is 2.56 bits per heavy atom. The Morgan fingerprint density at radius 2 is 1.96 bits per heavy atom. The smallest absolute Gasteiger partial charge is 0.418 e. The number of hydrogen-bond acceptors (Lipinski definition) is 5. The molecule has 1 atom stereocenters. The van der Waals surface area contributed by atoms with Crippen LogP contribution in [0.5, 0.6) is 0 Å². The van der Waals surface area contributed by atoms with Gasteiger partial charge in [-0.25, -0.2) is 9.69 Å². The monoisotopic (exact) mass is 367 g/mol. The van der Waals surface area contributed by atoms with Crippen LogP contribution in [0.4, 0.5) is 4.79 Å². The molecule has 2 fully saturated rings. The summed E-state index contributed by atoms with van der Waals surface area (Å²) in [6, 6.07) is 9.92. The van der Waals surface area contributed by atoms with Gasteiger partial charge in [-0.3, -0.25) is 9.59 Å². The van der Waals surface area contributed by atoms with E-state index in [0.717, 1.165) is 10.5 Å². The number of carbonyl (C=O) groups is 3. The summed E-state index contributed by atoms with van der Waals surface area (Å²) < 4.78 is 5.01. The highest BCUT2D eigenvalue weighted by molar-refractivity contribution is 6.04. The van der Waals surface area contributed by atoms with Gasteiger partial charge in [0, 0.05) is 25.7 Å². The third-order valence-corrected chi connectivity index (χ3v) is 4.35. The molecule has 25 heavy (non-hydrogen) atoms. The summed E-state index contributed by atoms with van der Waals surface area (Å²) >= 11 is 0. The Labute approximate surface area is 152 Å². The minimum atomic E-state index is -1.20. The van der Waals surface area contributed by atoms with Gasteiger partial charge < -0.3 is 15.0 Å². The fraction of sp³-hybridized carbons (Fsp3) is 0.471. The third-order valence-electron chi connectivity index (χ3n) is 4.35. The quantitative estimate of drug-likeness (QED) is 0.872. The molecule has 0 radical (unpaired) electrons. The maximum absolute atomic E-state index is 12.5. The largest absolute Gasteiger partial charge is 0.433 e. The van der Waals surface area contributed by atoms with Gasteiger partial charge in [-0.15, -0.1) is 12.4 Å². The van der Waals surface area contributed by atoms with Crippen molar-refractivity contribution in [2.75, 3.05) is 26.2 Å². The van der Waals surface area contributed by atoms with E-state index >= 15 is 0 Å². The highest BCUT2D eigenvalue weighted by atomic mass is 35.5. The van der Waals surface area contributed by atoms with Gasteiger partial charge in [-0.05, 0) is 19.4 Å². The maximum Gasteiger partial charge on any atom is 0.418 e. The molecule has 8 heteroatoms. The summed E-state index contributed by atoms with van der Waals surface area (Å²) in [6.07, 6.45) is -0.756. The number of rotatable bonds is 3. The Bertz CT molecular complexity index is 665. The van der Waals surface area contributed by atoms with Crippen molar-refractivity contribution in [1.29, 1.82) is 0 Å². The Kier molecular flexibility index (Phi) is 5.69. The molecule has 0 aromatic heterocycles. The zero-order valence-corrected chi connectivity index (χ0v) is 15.0. The summed E-state index contributed by atoms with van der Waals surface area (Å²) in [5.74, 6) is -0.726. The average molecular weight is 368 g/mol. The fourth-order valence-corrected chi connectivity index (χ4v) is 2.98. The lowest BCUT2D eigenvalue weighted by Crippen LogP contribution is -2.52. The molecule has 3 amide bonds. The van der Waals surface area contributed by atoms with E-state index in [9.17, 15) is 14.4 Å². The first-order valence-corrected chi connectivity index (χ1v) is 7.99. The molecule has 2 saturated heterocycles. The summed E-state index contributed by atoms with van der Waals surface area (Å²) in [6.45, 7) is 4.48. The minimum Gasteiger partial charge on any atom is -0.433 e. The number of nitrogens with one attached hydrogen (secondary N) is 1. The van der Waals surface area contributed by atoms with Crippen molar-refractivity contribution in [3.63, 3.8) is 0 Å². The van der Waals surface area contributed by atoms with E-state index in [1.54, 1.807) is 4.90 Å². The topological polar surface area (TPSA) is 79.0 Å². The Hall–Kier alpha value is -2.12. The summed E-state index contributed by atoms with van der Waals surface area (Å²) in [7, 11) is 0. The van der Waals surface area contributed by atoms with Crippen LogP contribution in [0.1, 0.15) is 25.5 Å². The second-order valence-electron chi connectivity index (χ2n) is 6.53. The molecular formula is C17H22ClN3O4. The van der Waals surface area contributed by atoms with E-state index in [1.165, 1.54) is 13.8 Å². The van der Waals surface area contributed by atoms with E-state index in [4.69, 9.17) is 4.74 Å². The van der Waals surface area contributed by atoms with Gasteiger partial charge in [0.2, 0.25) is 5.91 Å². The first-order valence-electron chi connectivity index (χ1n) is 7.99. The SMILES string of the molecule is CC1(C)OC(=O)N(CC(=O)N2CCNC(c3ccccc3)C2)C1=O.Cl.